The second kappa shape index (κ2) is 10.4. The number of ether oxygens (including phenoxy) is 3. The quantitative estimate of drug-likeness (QED) is 0.361. The molecule has 0 aliphatic rings. The van der Waals surface area contributed by atoms with Crippen LogP contribution in [0.25, 0.3) is 17.2 Å². The molecule has 0 fully saturated rings. The molecule has 36 heavy (non-hydrogen) atoms. The normalized spacial score (nSPS) is 11.1. The minimum absolute atomic E-state index is 0.141. The van der Waals surface area contributed by atoms with Crippen molar-refractivity contribution in [2.45, 2.75) is 5.75 Å². The lowest BCUT2D eigenvalue weighted by molar-refractivity contribution is 0.0969. The van der Waals surface area contributed by atoms with Crippen molar-refractivity contribution < 1.29 is 27.4 Å². The highest BCUT2D eigenvalue weighted by Crippen LogP contribution is 2.36. The number of carbonyl (C=O) groups excluding carboxylic acids is 1. The van der Waals surface area contributed by atoms with Crippen molar-refractivity contribution in [2.75, 3.05) is 21.3 Å². The minimum Gasteiger partial charge on any atom is -0.494 e. The maximum absolute atomic E-state index is 13.3. The number of nitrogens with zero attached hydrogens (tertiary/aromatic N) is 4. The summed E-state index contributed by atoms with van der Waals surface area (Å²) in [5.74, 6) is -0.572. The first-order valence-corrected chi connectivity index (χ1v) is 12.3. The summed E-state index contributed by atoms with van der Waals surface area (Å²) in [5, 5.41) is 8.16. The molecule has 4 aromatic rings. The predicted molar refractivity (Wildman–Crippen MR) is 131 cm³/mol. The van der Waals surface area contributed by atoms with Gasteiger partial charge in [0.1, 0.15) is 22.9 Å². The third kappa shape index (κ3) is 5.13. The first kappa shape index (κ1) is 24.7. The van der Waals surface area contributed by atoms with E-state index in [-0.39, 0.29) is 17.3 Å². The van der Waals surface area contributed by atoms with Crippen molar-refractivity contribution in [3.05, 3.63) is 78.1 Å². The van der Waals surface area contributed by atoms with E-state index in [0.717, 1.165) is 0 Å². The SMILES string of the molecule is COc1cccc(-c2nnc(C(=O)NS(=O)(=O)Cc3ccccc3)n2-c2c(OC)cccc2OC)n1. The van der Waals surface area contributed by atoms with E-state index in [1.54, 1.807) is 66.7 Å². The zero-order valence-electron chi connectivity index (χ0n) is 19.7. The van der Waals surface area contributed by atoms with Crippen LogP contribution in [-0.4, -0.2) is 55.4 Å². The summed E-state index contributed by atoms with van der Waals surface area (Å²) >= 11 is 0. The molecule has 12 heteroatoms. The van der Waals surface area contributed by atoms with Gasteiger partial charge >= 0.3 is 5.91 Å². The molecular formula is C24H23N5O6S. The summed E-state index contributed by atoms with van der Waals surface area (Å²) in [5.41, 5.74) is 1.13. The maximum Gasteiger partial charge on any atom is 0.303 e. The number of amides is 1. The van der Waals surface area contributed by atoms with Crippen LogP contribution in [0.1, 0.15) is 16.2 Å². The van der Waals surface area contributed by atoms with Gasteiger partial charge in [-0.3, -0.25) is 9.36 Å². The Balaban J connectivity index is 1.84. The van der Waals surface area contributed by atoms with Crippen LogP contribution in [0.5, 0.6) is 17.4 Å². The Hall–Kier alpha value is -4.45. The molecule has 11 nitrogen and oxygen atoms in total. The lowest BCUT2D eigenvalue weighted by Gasteiger charge is -2.17. The predicted octanol–water partition coefficient (Wildman–Crippen LogP) is 2.61. The molecule has 0 atom stereocenters. The lowest BCUT2D eigenvalue weighted by atomic mass is 10.2. The molecule has 0 saturated heterocycles. The number of carbonyl (C=O) groups is 1. The van der Waals surface area contributed by atoms with Gasteiger partial charge in [0.25, 0.3) is 0 Å². The number of rotatable bonds is 9. The number of nitrogens with one attached hydrogen (secondary N) is 1. The molecule has 4 rings (SSSR count). The van der Waals surface area contributed by atoms with Crippen molar-refractivity contribution in [3.8, 4) is 34.6 Å². The zero-order valence-corrected chi connectivity index (χ0v) is 20.5. The molecule has 0 spiro atoms. The Kier molecular flexibility index (Phi) is 7.15. The molecule has 2 heterocycles. The highest BCUT2D eigenvalue weighted by molar-refractivity contribution is 7.89. The molecule has 0 radical (unpaired) electrons. The Morgan fingerprint density at radius 1 is 0.861 bits per heavy atom. The molecule has 2 aromatic carbocycles. The Labute approximate surface area is 207 Å². The maximum atomic E-state index is 13.3. The Morgan fingerprint density at radius 3 is 2.17 bits per heavy atom. The van der Waals surface area contributed by atoms with Gasteiger partial charge in [0, 0.05) is 6.07 Å². The number of hydrogen-bond donors (Lipinski definition) is 1. The number of para-hydroxylation sites is 1. The Bertz CT molecular complexity index is 1470. The van der Waals surface area contributed by atoms with Gasteiger partial charge in [-0.1, -0.05) is 42.5 Å². The number of methoxy groups -OCH3 is 3. The van der Waals surface area contributed by atoms with Crippen LogP contribution in [0.4, 0.5) is 0 Å². The number of sulfonamides is 1. The summed E-state index contributed by atoms with van der Waals surface area (Å²) in [7, 11) is 0.321. The monoisotopic (exact) mass is 509 g/mol. The fourth-order valence-corrected chi connectivity index (χ4v) is 4.61. The summed E-state index contributed by atoms with van der Waals surface area (Å²) in [6, 6.07) is 18.5. The molecule has 0 unspecified atom stereocenters. The molecular weight excluding hydrogens is 486 g/mol. The standard InChI is InChI=1S/C24H23N5O6S/c1-33-18-12-8-13-19(34-2)21(18)29-22(17-11-7-14-20(25-17)35-3)26-27-23(29)24(30)28-36(31,32)15-16-9-5-4-6-10-16/h4-14H,15H2,1-3H3,(H,28,30). The third-order valence-corrected chi connectivity index (χ3v) is 6.31. The average molecular weight is 510 g/mol. The van der Waals surface area contributed by atoms with Crippen LogP contribution in [0.15, 0.2) is 66.7 Å². The van der Waals surface area contributed by atoms with Crippen molar-refractivity contribution in [3.63, 3.8) is 0 Å². The van der Waals surface area contributed by atoms with E-state index in [1.165, 1.54) is 25.9 Å². The second-order valence-corrected chi connectivity index (χ2v) is 9.16. The van der Waals surface area contributed by atoms with Gasteiger partial charge in [-0.15, -0.1) is 10.2 Å². The highest BCUT2D eigenvalue weighted by atomic mass is 32.2. The first-order chi connectivity index (χ1) is 17.4. The largest absolute Gasteiger partial charge is 0.494 e. The van der Waals surface area contributed by atoms with E-state index >= 15 is 0 Å². The molecule has 0 saturated carbocycles. The van der Waals surface area contributed by atoms with Crippen LogP contribution in [0.2, 0.25) is 0 Å². The van der Waals surface area contributed by atoms with Crippen molar-refractivity contribution in [1.82, 2.24) is 24.5 Å². The van der Waals surface area contributed by atoms with E-state index in [2.05, 4.69) is 19.9 Å². The number of aromatic nitrogens is 4. The summed E-state index contributed by atoms with van der Waals surface area (Å²) in [6.45, 7) is 0. The van der Waals surface area contributed by atoms with E-state index < -0.39 is 21.7 Å². The second-order valence-electron chi connectivity index (χ2n) is 7.43. The van der Waals surface area contributed by atoms with Gasteiger partial charge < -0.3 is 14.2 Å². The molecule has 2 aromatic heterocycles. The molecule has 0 aliphatic heterocycles. The lowest BCUT2D eigenvalue weighted by Crippen LogP contribution is -2.33. The smallest absolute Gasteiger partial charge is 0.303 e. The topological polar surface area (TPSA) is 135 Å². The molecule has 0 bridgehead atoms. The molecule has 0 aliphatic carbocycles. The Morgan fingerprint density at radius 2 is 1.53 bits per heavy atom. The van der Waals surface area contributed by atoms with Crippen LogP contribution in [0.3, 0.4) is 0 Å². The number of hydrogen-bond acceptors (Lipinski definition) is 9. The van der Waals surface area contributed by atoms with Crippen LogP contribution in [-0.2, 0) is 15.8 Å². The molecule has 1 N–H and O–H groups in total. The van der Waals surface area contributed by atoms with Crippen LogP contribution < -0.4 is 18.9 Å². The van der Waals surface area contributed by atoms with E-state index in [0.29, 0.717) is 28.6 Å². The number of pyridine rings is 1. The highest BCUT2D eigenvalue weighted by Gasteiger charge is 2.29. The van der Waals surface area contributed by atoms with Crippen molar-refractivity contribution >= 4 is 15.9 Å². The van der Waals surface area contributed by atoms with E-state index in [1.807, 2.05) is 0 Å². The summed E-state index contributed by atoms with van der Waals surface area (Å²) in [4.78, 5) is 17.7. The number of benzene rings is 2. The molecule has 186 valence electrons. The van der Waals surface area contributed by atoms with Gasteiger partial charge in [-0.25, -0.2) is 18.1 Å². The first-order valence-electron chi connectivity index (χ1n) is 10.6. The van der Waals surface area contributed by atoms with Gasteiger partial charge in [0.15, 0.2) is 5.82 Å². The van der Waals surface area contributed by atoms with Crippen molar-refractivity contribution in [1.29, 1.82) is 0 Å². The van der Waals surface area contributed by atoms with E-state index in [9.17, 15) is 13.2 Å². The van der Waals surface area contributed by atoms with Crippen LogP contribution in [0, 0.1) is 0 Å². The van der Waals surface area contributed by atoms with Gasteiger partial charge in [0.05, 0.1) is 27.1 Å². The molecule has 1 amide bonds. The third-order valence-electron chi connectivity index (χ3n) is 5.10. The fraction of sp³-hybridized carbons (Fsp3) is 0.167. The van der Waals surface area contributed by atoms with E-state index in [4.69, 9.17) is 14.2 Å². The van der Waals surface area contributed by atoms with Crippen molar-refractivity contribution in [2.24, 2.45) is 0 Å². The summed E-state index contributed by atoms with van der Waals surface area (Å²) < 4.78 is 45.2. The minimum atomic E-state index is -4.06. The van der Waals surface area contributed by atoms with Gasteiger partial charge in [-0.05, 0) is 23.8 Å². The van der Waals surface area contributed by atoms with Crippen LogP contribution >= 0.6 is 0 Å². The zero-order chi connectivity index (χ0) is 25.7. The summed E-state index contributed by atoms with van der Waals surface area (Å²) in [6.07, 6.45) is 0. The van der Waals surface area contributed by atoms with Gasteiger partial charge in [0.2, 0.25) is 21.7 Å². The van der Waals surface area contributed by atoms with Gasteiger partial charge in [-0.2, -0.15) is 0 Å². The average Bonchev–Trinajstić information content (AvgIpc) is 3.33. The fourth-order valence-electron chi connectivity index (χ4n) is 3.53.